The van der Waals surface area contributed by atoms with Gasteiger partial charge in [0.15, 0.2) is 0 Å². The second-order valence-electron chi connectivity index (χ2n) is 5.88. The number of allylic oxidation sites excluding steroid dienone is 3. The molecule has 1 saturated carbocycles. The molecule has 0 aromatic carbocycles. The summed E-state index contributed by atoms with van der Waals surface area (Å²) in [4.78, 5) is 0. The summed E-state index contributed by atoms with van der Waals surface area (Å²) in [7, 11) is 0. The highest BCUT2D eigenvalue weighted by molar-refractivity contribution is 5.43. The summed E-state index contributed by atoms with van der Waals surface area (Å²) in [6.07, 6.45) is -0.155. The smallest absolute Gasteiger partial charge is 0.0639 e. The average Bonchev–Trinajstić information content (AvgIpc) is 2.48. The maximum Gasteiger partial charge on any atom is 0.0639 e. The summed E-state index contributed by atoms with van der Waals surface area (Å²) < 4.78 is 0. The lowest BCUT2D eigenvalue weighted by Gasteiger charge is -2.33. The van der Waals surface area contributed by atoms with Crippen LogP contribution in [-0.4, -0.2) is 11.2 Å². The first kappa shape index (κ1) is 11.9. The predicted octanol–water partition coefficient (Wildman–Crippen LogP) is 3.55. The van der Waals surface area contributed by atoms with Crippen LogP contribution in [0.4, 0.5) is 0 Å². The van der Waals surface area contributed by atoms with E-state index in [1.807, 2.05) is 0 Å². The fraction of sp³-hybridized carbons (Fsp3) is 0.733. The lowest BCUT2D eigenvalue weighted by molar-refractivity contribution is 0.101. The molecular weight excluding hydrogens is 196 g/mol. The van der Waals surface area contributed by atoms with E-state index in [2.05, 4.69) is 41.5 Å². The normalized spacial score (nSPS) is 44.1. The van der Waals surface area contributed by atoms with E-state index in [0.717, 1.165) is 0 Å². The molecule has 2 aliphatic carbocycles. The Morgan fingerprint density at radius 3 is 1.69 bits per heavy atom. The first-order chi connectivity index (χ1) is 7.37. The molecule has 1 nitrogen and oxygen atoms in total. The van der Waals surface area contributed by atoms with Crippen LogP contribution < -0.4 is 0 Å². The zero-order chi connectivity index (χ0) is 12.2. The topological polar surface area (TPSA) is 20.2 Å². The highest BCUT2D eigenvalue weighted by Gasteiger charge is 2.48. The van der Waals surface area contributed by atoms with Gasteiger partial charge in [-0.1, -0.05) is 25.0 Å². The second-order valence-corrected chi connectivity index (χ2v) is 5.88. The maximum atomic E-state index is 10.4. The lowest BCUT2D eigenvalue weighted by atomic mass is 9.72. The van der Waals surface area contributed by atoms with Gasteiger partial charge in [0.05, 0.1) is 6.10 Å². The third kappa shape index (κ3) is 1.34. The van der Waals surface area contributed by atoms with Gasteiger partial charge in [-0.05, 0) is 56.6 Å². The van der Waals surface area contributed by atoms with Crippen molar-refractivity contribution in [3.63, 3.8) is 0 Å². The zero-order valence-electron chi connectivity index (χ0n) is 11.3. The number of hydrogen-bond acceptors (Lipinski definition) is 1. The average molecular weight is 220 g/mol. The molecule has 0 saturated heterocycles. The van der Waals surface area contributed by atoms with Gasteiger partial charge < -0.3 is 5.11 Å². The van der Waals surface area contributed by atoms with Crippen molar-refractivity contribution >= 4 is 0 Å². The summed E-state index contributed by atoms with van der Waals surface area (Å²) in [5, 5.41) is 10.4. The van der Waals surface area contributed by atoms with E-state index in [9.17, 15) is 5.11 Å². The summed E-state index contributed by atoms with van der Waals surface area (Å²) in [6, 6.07) is 0. The molecule has 0 radical (unpaired) electrons. The van der Waals surface area contributed by atoms with E-state index < -0.39 is 0 Å². The van der Waals surface area contributed by atoms with Crippen molar-refractivity contribution in [2.24, 2.45) is 23.7 Å². The van der Waals surface area contributed by atoms with Crippen molar-refractivity contribution in [1.29, 1.82) is 0 Å². The van der Waals surface area contributed by atoms with Crippen LogP contribution in [0.3, 0.4) is 0 Å². The van der Waals surface area contributed by atoms with Crippen molar-refractivity contribution in [3.8, 4) is 0 Å². The predicted molar refractivity (Wildman–Crippen MR) is 68.1 cm³/mol. The number of aliphatic hydroxyl groups is 1. The lowest BCUT2D eigenvalue weighted by Crippen LogP contribution is -2.27. The van der Waals surface area contributed by atoms with Gasteiger partial charge in [-0.3, -0.25) is 0 Å². The fourth-order valence-electron chi connectivity index (χ4n) is 3.79. The Hall–Kier alpha value is -0.560. The molecule has 0 aromatic rings. The molecule has 2 rings (SSSR count). The molecule has 5 unspecified atom stereocenters. The molecule has 1 fully saturated rings. The fourth-order valence-corrected chi connectivity index (χ4v) is 3.79. The van der Waals surface area contributed by atoms with Crippen LogP contribution in [0.5, 0.6) is 0 Å². The first-order valence-electron chi connectivity index (χ1n) is 6.41. The van der Waals surface area contributed by atoms with E-state index in [1.54, 1.807) is 0 Å². The minimum absolute atomic E-state index is 0.155. The Labute approximate surface area is 99.3 Å². The summed E-state index contributed by atoms with van der Waals surface area (Å²) in [5.74, 6) is 1.94. The van der Waals surface area contributed by atoms with Gasteiger partial charge in [0.1, 0.15) is 0 Å². The summed E-state index contributed by atoms with van der Waals surface area (Å²) >= 11 is 0. The second kappa shape index (κ2) is 3.73. The first-order valence-corrected chi connectivity index (χ1v) is 6.41. The van der Waals surface area contributed by atoms with Crippen molar-refractivity contribution < 1.29 is 5.11 Å². The van der Waals surface area contributed by atoms with E-state index in [1.165, 1.54) is 22.3 Å². The highest BCUT2D eigenvalue weighted by atomic mass is 16.3. The quantitative estimate of drug-likeness (QED) is 0.662. The monoisotopic (exact) mass is 220 g/mol. The van der Waals surface area contributed by atoms with E-state index >= 15 is 0 Å². The summed E-state index contributed by atoms with van der Waals surface area (Å²) in [5.41, 5.74) is 5.77. The Kier molecular flexibility index (Phi) is 2.78. The number of rotatable bonds is 0. The van der Waals surface area contributed by atoms with Crippen LogP contribution in [-0.2, 0) is 0 Å². The largest absolute Gasteiger partial charge is 0.392 e. The maximum absolute atomic E-state index is 10.4. The Bertz CT molecular complexity index is 339. The third-order valence-electron chi connectivity index (χ3n) is 5.43. The molecule has 0 aliphatic heterocycles. The molecule has 2 aliphatic rings. The van der Waals surface area contributed by atoms with Gasteiger partial charge in [-0.15, -0.1) is 0 Å². The minimum atomic E-state index is -0.155. The van der Waals surface area contributed by atoms with E-state index in [0.29, 0.717) is 23.7 Å². The molecule has 0 spiro atoms. The molecular formula is C15H24O. The number of aliphatic hydroxyl groups excluding tert-OH is 1. The molecule has 1 N–H and O–H groups in total. The van der Waals surface area contributed by atoms with Crippen molar-refractivity contribution in [2.75, 3.05) is 0 Å². The molecule has 0 heterocycles. The van der Waals surface area contributed by atoms with Crippen LogP contribution in [0, 0.1) is 23.7 Å². The van der Waals surface area contributed by atoms with E-state index in [-0.39, 0.29) is 6.10 Å². The number of hydrogen-bond donors (Lipinski definition) is 1. The molecule has 0 bridgehead atoms. The van der Waals surface area contributed by atoms with Gasteiger partial charge in [0, 0.05) is 5.92 Å². The van der Waals surface area contributed by atoms with Crippen LogP contribution in [0.15, 0.2) is 22.3 Å². The molecule has 0 aromatic heterocycles. The molecule has 5 atom stereocenters. The standard InChI is InChI=1S/C15H24O/c1-7-8(2)10(4)14-13(9(7)3)11(5)12(6)15(14)16/h11-16H,1-6H3. The molecule has 0 amide bonds. The molecule has 1 heteroatoms. The van der Waals surface area contributed by atoms with Crippen LogP contribution >= 0.6 is 0 Å². The van der Waals surface area contributed by atoms with E-state index in [4.69, 9.17) is 0 Å². The SMILES string of the molecule is CC1=C(C)C2C(C)C(C)C(O)C2C(C)=C1C. The summed E-state index contributed by atoms with van der Waals surface area (Å²) in [6.45, 7) is 13.4. The third-order valence-corrected chi connectivity index (χ3v) is 5.43. The Balaban J connectivity index is 2.54. The zero-order valence-corrected chi connectivity index (χ0v) is 11.3. The van der Waals surface area contributed by atoms with Gasteiger partial charge in [-0.2, -0.15) is 0 Å². The van der Waals surface area contributed by atoms with Crippen molar-refractivity contribution in [3.05, 3.63) is 22.3 Å². The van der Waals surface area contributed by atoms with Gasteiger partial charge >= 0.3 is 0 Å². The molecule has 16 heavy (non-hydrogen) atoms. The number of fused-ring (bicyclic) bond motifs is 1. The van der Waals surface area contributed by atoms with Gasteiger partial charge in [0.2, 0.25) is 0 Å². The van der Waals surface area contributed by atoms with Crippen LogP contribution in [0.1, 0.15) is 41.5 Å². The molecule has 90 valence electrons. The Morgan fingerprint density at radius 1 is 0.750 bits per heavy atom. The van der Waals surface area contributed by atoms with Gasteiger partial charge in [-0.25, -0.2) is 0 Å². The van der Waals surface area contributed by atoms with Crippen LogP contribution in [0.2, 0.25) is 0 Å². The highest BCUT2D eigenvalue weighted by Crippen LogP contribution is 2.52. The van der Waals surface area contributed by atoms with Crippen molar-refractivity contribution in [1.82, 2.24) is 0 Å². The van der Waals surface area contributed by atoms with Gasteiger partial charge in [0.25, 0.3) is 0 Å². The van der Waals surface area contributed by atoms with Crippen molar-refractivity contribution in [2.45, 2.75) is 47.6 Å². The minimum Gasteiger partial charge on any atom is -0.392 e. The Morgan fingerprint density at radius 2 is 1.19 bits per heavy atom. The van der Waals surface area contributed by atoms with Crippen LogP contribution in [0.25, 0.3) is 0 Å².